The molecule has 1 amide bonds. The molecule has 0 aliphatic carbocycles. The Bertz CT molecular complexity index is 470. The Morgan fingerprint density at radius 1 is 1.40 bits per heavy atom. The average Bonchev–Trinajstić information content (AvgIpc) is 2.48. The summed E-state index contributed by atoms with van der Waals surface area (Å²) in [6, 6.07) is 6.06. The van der Waals surface area contributed by atoms with Crippen molar-refractivity contribution in [3.63, 3.8) is 0 Å². The van der Waals surface area contributed by atoms with Crippen molar-refractivity contribution in [3.8, 4) is 0 Å². The first kappa shape index (κ1) is 14.9. The van der Waals surface area contributed by atoms with Gasteiger partial charge in [-0.25, -0.2) is 0 Å². The van der Waals surface area contributed by atoms with Crippen LogP contribution in [0.5, 0.6) is 0 Å². The minimum absolute atomic E-state index is 0.182. The predicted octanol–water partition coefficient (Wildman–Crippen LogP) is 3.37. The normalized spacial score (nSPS) is 15.8. The molecule has 1 aromatic carbocycles. The fourth-order valence-electron chi connectivity index (χ4n) is 3.01. The maximum Gasteiger partial charge on any atom is 0.225 e. The number of amides is 1. The first-order valence-electron chi connectivity index (χ1n) is 7.82. The number of fused-ring (bicyclic) bond motifs is 1. The largest absolute Gasteiger partial charge is 0.398 e. The van der Waals surface area contributed by atoms with Crippen molar-refractivity contribution < 1.29 is 4.79 Å². The highest BCUT2D eigenvalue weighted by molar-refractivity contribution is 5.79. The number of benzene rings is 1. The van der Waals surface area contributed by atoms with E-state index in [0.29, 0.717) is 12.5 Å². The molecule has 0 spiro atoms. The van der Waals surface area contributed by atoms with E-state index < -0.39 is 0 Å². The molecule has 0 radical (unpaired) electrons. The van der Waals surface area contributed by atoms with Gasteiger partial charge in [0.1, 0.15) is 0 Å². The molecule has 2 N–H and O–H groups in total. The van der Waals surface area contributed by atoms with Gasteiger partial charge in [0.05, 0.1) is 0 Å². The predicted molar refractivity (Wildman–Crippen MR) is 83.3 cm³/mol. The number of anilines is 1. The Kier molecular flexibility index (Phi) is 5.05. The molecule has 1 aromatic rings. The molecule has 1 aliphatic rings. The van der Waals surface area contributed by atoms with E-state index >= 15 is 0 Å². The first-order valence-corrected chi connectivity index (χ1v) is 7.82. The summed E-state index contributed by atoms with van der Waals surface area (Å²) in [5, 5.41) is 0. The van der Waals surface area contributed by atoms with Crippen LogP contribution in [0.3, 0.4) is 0 Å². The molecule has 2 rings (SSSR count). The lowest BCUT2D eigenvalue weighted by molar-refractivity contribution is -0.136. The lowest BCUT2D eigenvalue weighted by atomic mass is 9.94. The van der Waals surface area contributed by atoms with Crippen molar-refractivity contribution in [2.24, 2.45) is 5.92 Å². The van der Waals surface area contributed by atoms with Crippen LogP contribution >= 0.6 is 0 Å². The number of nitrogen functional groups attached to an aromatic ring is 1. The highest BCUT2D eigenvalue weighted by atomic mass is 16.2. The summed E-state index contributed by atoms with van der Waals surface area (Å²) in [7, 11) is 0. The van der Waals surface area contributed by atoms with Crippen LogP contribution in [0.15, 0.2) is 18.2 Å². The summed E-state index contributed by atoms with van der Waals surface area (Å²) >= 11 is 0. The maximum atomic E-state index is 12.6. The molecular weight excluding hydrogens is 248 g/mol. The second-order valence-corrected chi connectivity index (χ2v) is 5.74. The van der Waals surface area contributed by atoms with Crippen molar-refractivity contribution in [3.05, 3.63) is 29.3 Å². The maximum absolute atomic E-state index is 12.6. The molecule has 0 saturated carbocycles. The van der Waals surface area contributed by atoms with Gasteiger partial charge in [0.25, 0.3) is 0 Å². The summed E-state index contributed by atoms with van der Waals surface area (Å²) in [4.78, 5) is 14.6. The molecule has 0 bridgehead atoms. The van der Waals surface area contributed by atoms with Crippen LogP contribution < -0.4 is 5.73 Å². The van der Waals surface area contributed by atoms with Crippen molar-refractivity contribution >= 4 is 11.6 Å². The summed E-state index contributed by atoms with van der Waals surface area (Å²) < 4.78 is 0. The van der Waals surface area contributed by atoms with Crippen molar-refractivity contribution in [2.45, 2.75) is 52.5 Å². The molecular formula is C17H26N2O. The van der Waals surface area contributed by atoms with E-state index in [1.807, 2.05) is 17.0 Å². The van der Waals surface area contributed by atoms with Gasteiger partial charge < -0.3 is 10.6 Å². The number of carbonyl (C=O) groups is 1. The molecule has 110 valence electrons. The molecule has 3 nitrogen and oxygen atoms in total. The van der Waals surface area contributed by atoms with Crippen LogP contribution in [0.2, 0.25) is 0 Å². The number of nitrogens with two attached hydrogens (primary N) is 1. The minimum atomic E-state index is 0.182. The number of rotatable bonds is 5. The fourth-order valence-corrected chi connectivity index (χ4v) is 3.01. The number of hydrogen-bond acceptors (Lipinski definition) is 2. The smallest absolute Gasteiger partial charge is 0.225 e. The quantitative estimate of drug-likeness (QED) is 0.837. The fraction of sp³-hybridized carbons (Fsp3) is 0.588. The highest BCUT2D eigenvalue weighted by Gasteiger charge is 2.26. The van der Waals surface area contributed by atoms with E-state index in [-0.39, 0.29) is 5.92 Å². The molecule has 1 atom stereocenters. The van der Waals surface area contributed by atoms with Crippen LogP contribution in [0.4, 0.5) is 5.69 Å². The third-order valence-electron chi connectivity index (χ3n) is 4.37. The summed E-state index contributed by atoms with van der Waals surface area (Å²) in [5.74, 6) is 0.497. The van der Waals surface area contributed by atoms with Gasteiger partial charge in [0.2, 0.25) is 5.91 Å². The number of nitrogens with zero attached hydrogens (tertiary/aromatic N) is 1. The lowest BCUT2D eigenvalue weighted by Crippen LogP contribution is -2.40. The SMILES string of the molecule is CCCCC(CC)C(=O)N1CCc2cccc(N)c2C1. The molecule has 0 fully saturated rings. The average molecular weight is 274 g/mol. The number of hydrogen-bond donors (Lipinski definition) is 1. The third kappa shape index (κ3) is 3.14. The van der Waals surface area contributed by atoms with Crippen LogP contribution in [-0.4, -0.2) is 17.4 Å². The van der Waals surface area contributed by atoms with Crippen molar-refractivity contribution in [2.75, 3.05) is 12.3 Å². The van der Waals surface area contributed by atoms with Crippen molar-refractivity contribution in [1.82, 2.24) is 4.90 Å². The standard InChI is InChI=1S/C17H26N2O/c1-3-5-7-13(4-2)17(20)19-11-10-14-8-6-9-16(18)15(14)12-19/h6,8-9,13H,3-5,7,10-12,18H2,1-2H3. The Morgan fingerprint density at radius 2 is 2.20 bits per heavy atom. The molecule has 0 aromatic heterocycles. The second-order valence-electron chi connectivity index (χ2n) is 5.74. The summed E-state index contributed by atoms with van der Waals surface area (Å²) in [6.45, 7) is 5.81. The molecule has 1 unspecified atom stereocenters. The summed E-state index contributed by atoms with van der Waals surface area (Å²) in [6.07, 6.45) is 5.17. The Hall–Kier alpha value is -1.51. The van der Waals surface area contributed by atoms with Gasteiger partial charge in [-0.2, -0.15) is 0 Å². The first-order chi connectivity index (χ1) is 9.67. The monoisotopic (exact) mass is 274 g/mol. The van der Waals surface area contributed by atoms with E-state index in [1.54, 1.807) is 0 Å². The van der Waals surface area contributed by atoms with E-state index in [0.717, 1.165) is 49.9 Å². The second kappa shape index (κ2) is 6.78. The molecule has 0 saturated heterocycles. The van der Waals surface area contributed by atoms with E-state index in [9.17, 15) is 4.79 Å². The van der Waals surface area contributed by atoms with Gasteiger partial charge in [-0.3, -0.25) is 4.79 Å². The van der Waals surface area contributed by atoms with Crippen molar-refractivity contribution in [1.29, 1.82) is 0 Å². The zero-order chi connectivity index (χ0) is 14.5. The Morgan fingerprint density at radius 3 is 2.90 bits per heavy atom. The van der Waals surface area contributed by atoms with Crippen LogP contribution in [-0.2, 0) is 17.8 Å². The molecule has 1 heterocycles. The molecule has 3 heteroatoms. The van der Waals surface area contributed by atoms with Gasteiger partial charge in [0, 0.05) is 24.7 Å². The van der Waals surface area contributed by atoms with Gasteiger partial charge in [0.15, 0.2) is 0 Å². The van der Waals surface area contributed by atoms with Gasteiger partial charge in [-0.05, 0) is 36.5 Å². The topological polar surface area (TPSA) is 46.3 Å². The zero-order valence-corrected chi connectivity index (χ0v) is 12.7. The van der Waals surface area contributed by atoms with Crippen LogP contribution in [0.1, 0.15) is 50.7 Å². The molecule has 1 aliphatic heterocycles. The van der Waals surface area contributed by atoms with E-state index in [1.165, 1.54) is 5.56 Å². The van der Waals surface area contributed by atoms with E-state index in [2.05, 4.69) is 19.9 Å². The van der Waals surface area contributed by atoms with Gasteiger partial charge in [-0.1, -0.05) is 38.8 Å². The van der Waals surface area contributed by atoms with Crippen LogP contribution in [0.25, 0.3) is 0 Å². The van der Waals surface area contributed by atoms with Crippen LogP contribution in [0, 0.1) is 5.92 Å². The zero-order valence-electron chi connectivity index (χ0n) is 12.7. The lowest BCUT2D eigenvalue weighted by Gasteiger charge is -2.32. The highest BCUT2D eigenvalue weighted by Crippen LogP contribution is 2.26. The summed E-state index contributed by atoms with van der Waals surface area (Å²) in [5.41, 5.74) is 9.33. The van der Waals surface area contributed by atoms with Gasteiger partial charge >= 0.3 is 0 Å². The number of carbonyl (C=O) groups excluding carboxylic acids is 1. The minimum Gasteiger partial charge on any atom is -0.398 e. The van der Waals surface area contributed by atoms with Gasteiger partial charge in [-0.15, -0.1) is 0 Å². The molecule has 20 heavy (non-hydrogen) atoms. The third-order valence-corrected chi connectivity index (χ3v) is 4.37. The number of unbranched alkanes of at least 4 members (excludes halogenated alkanes) is 1. The Labute approximate surface area is 122 Å². The Balaban J connectivity index is 2.07. The van der Waals surface area contributed by atoms with E-state index in [4.69, 9.17) is 5.73 Å².